The van der Waals surface area contributed by atoms with Crippen LogP contribution in [0.3, 0.4) is 0 Å². The van der Waals surface area contributed by atoms with Gasteiger partial charge >= 0.3 is 5.97 Å². The van der Waals surface area contributed by atoms with E-state index in [1.165, 1.54) is 11.1 Å². The van der Waals surface area contributed by atoms with Crippen LogP contribution in [0.15, 0.2) is 52.6 Å². The van der Waals surface area contributed by atoms with Crippen molar-refractivity contribution in [3.8, 4) is 17.2 Å². The van der Waals surface area contributed by atoms with Gasteiger partial charge in [-0.05, 0) is 87.4 Å². The molecule has 1 aromatic heterocycles. The average Bonchev–Trinajstić information content (AvgIpc) is 3.26. The summed E-state index contributed by atoms with van der Waals surface area (Å²) in [5.74, 6) is 2.16. The molecule has 6 heteroatoms. The van der Waals surface area contributed by atoms with Crippen molar-refractivity contribution in [1.82, 2.24) is 4.98 Å². The quantitative estimate of drug-likeness (QED) is 0.201. The van der Waals surface area contributed by atoms with Crippen LogP contribution in [-0.4, -0.2) is 30.8 Å². The molecular weight excluding hydrogens is 442 g/mol. The van der Waals surface area contributed by atoms with Gasteiger partial charge in [0.15, 0.2) is 0 Å². The van der Waals surface area contributed by atoms with Gasteiger partial charge in [0, 0.05) is 12.0 Å². The summed E-state index contributed by atoms with van der Waals surface area (Å²) in [6.45, 7) is 6.82. The molecule has 3 aromatic rings. The summed E-state index contributed by atoms with van der Waals surface area (Å²) in [5.41, 5.74) is 5.30. The minimum absolute atomic E-state index is 0.242. The third-order valence-electron chi connectivity index (χ3n) is 6.10. The predicted octanol–water partition coefficient (Wildman–Crippen LogP) is 6.09. The van der Waals surface area contributed by atoms with Gasteiger partial charge in [-0.1, -0.05) is 24.3 Å². The Balaban J connectivity index is 1.50. The Hall–Kier alpha value is -3.54. The van der Waals surface area contributed by atoms with E-state index in [-0.39, 0.29) is 5.76 Å². The molecule has 35 heavy (non-hydrogen) atoms. The maximum Gasteiger partial charge on any atom is 0.373 e. The number of hydrogen-bond donors (Lipinski definition) is 0. The third kappa shape index (κ3) is 5.94. The minimum atomic E-state index is -0.433. The summed E-state index contributed by atoms with van der Waals surface area (Å²) in [7, 11) is 0. The first-order valence-corrected chi connectivity index (χ1v) is 12.4. The molecule has 184 valence electrons. The second-order valence-electron chi connectivity index (χ2n) is 8.47. The Kier molecular flexibility index (Phi) is 8.24. The fourth-order valence-corrected chi connectivity index (χ4v) is 4.41. The topological polar surface area (TPSA) is 70.8 Å². The standard InChI is InChI=1S/C29H33NO5/c1-4-32-27(29(31)33-5-2)19-22-15-16-26(24-14-10-9-13-23(22)24)34-18-17-25-20(3)35-28(30-25)21-11-7-6-8-12-21/h6-8,11-12,15-16,19H,4-5,9-10,13-14,17-18H2,1-3H3/b27-19-. The van der Waals surface area contributed by atoms with Crippen LogP contribution >= 0.6 is 0 Å². The van der Waals surface area contributed by atoms with Crippen LogP contribution in [0.2, 0.25) is 0 Å². The molecule has 0 amide bonds. The van der Waals surface area contributed by atoms with E-state index < -0.39 is 5.97 Å². The van der Waals surface area contributed by atoms with Gasteiger partial charge in [-0.3, -0.25) is 0 Å². The summed E-state index contributed by atoms with van der Waals surface area (Å²) in [4.78, 5) is 17.0. The van der Waals surface area contributed by atoms with Crippen molar-refractivity contribution in [2.75, 3.05) is 19.8 Å². The molecule has 0 saturated heterocycles. The summed E-state index contributed by atoms with van der Waals surface area (Å²) >= 11 is 0. The molecule has 0 radical (unpaired) electrons. The van der Waals surface area contributed by atoms with E-state index in [4.69, 9.17) is 18.6 Å². The van der Waals surface area contributed by atoms with E-state index in [1.54, 1.807) is 13.0 Å². The van der Waals surface area contributed by atoms with Crippen LogP contribution in [0, 0.1) is 6.92 Å². The summed E-state index contributed by atoms with van der Waals surface area (Å²) in [5, 5.41) is 0. The number of aryl methyl sites for hydroxylation is 1. The Bertz CT molecular complexity index is 1180. The maximum atomic E-state index is 12.3. The maximum absolute atomic E-state index is 12.3. The van der Waals surface area contributed by atoms with E-state index in [0.717, 1.165) is 54.0 Å². The Morgan fingerprint density at radius 3 is 2.49 bits per heavy atom. The molecule has 6 nitrogen and oxygen atoms in total. The van der Waals surface area contributed by atoms with Gasteiger partial charge in [0.1, 0.15) is 11.5 Å². The summed E-state index contributed by atoms with van der Waals surface area (Å²) in [6.07, 6.45) is 6.60. The number of aromatic nitrogens is 1. The molecule has 0 aliphatic heterocycles. The molecule has 0 N–H and O–H groups in total. The number of benzene rings is 2. The van der Waals surface area contributed by atoms with Crippen molar-refractivity contribution in [3.05, 3.63) is 76.4 Å². The Morgan fingerprint density at radius 2 is 1.74 bits per heavy atom. The minimum Gasteiger partial charge on any atom is -0.493 e. The first-order valence-electron chi connectivity index (χ1n) is 12.4. The predicted molar refractivity (Wildman–Crippen MR) is 135 cm³/mol. The normalized spacial score (nSPS) is 13.3. The van der Waals surface area contributed by atoms with Gasteiger partial charge in [0.2, 0.25) is 11.6 Å². The molecule has 0 bridgehead atoms. The zero-order valence-corrected chi connectivity index (χ0v) is 20.8. The lowest BCUT2D eigenvalue weighted by molar-refractivity contribution is -0.142. The molecule has 2 aromatic carbocycles. The SMILES string of the molecule is CCOC(=O)/C(=C/c1ccc(OCCc2nc(-c3ccccc3)oc2C)c2c1CCCC2)OCC. The number of ether oxygens (including phenoxy) is 3. The van der Waals surface area contributed by atoms with Gasteiger partial charge in [-0.2, -0.15) is 0 Å². The Morgan fingerprint density at radius 1 is 1.00 bits per heavy atom. The molecule has 4 rings (SSSR count). The highest BCUT2D eigenvalue weighted by Gasteiger charge is 2.20. The molecule has 1 aliphatic rings. The molecule has 1 heterocycles. The number of nitrogens with zero attached hydrogens (tertiary/aromatic N) is 1. The monoisotopic (exact) mass is 475 g/mol. The summed E-state index contributed by atoms with van der Waals surface area (Å²) < 4.78 is 22.9. The van der Waals surface area contributed by atoms with Crippen LogP contribution in [0.4, 0.5) is 0 Å². The van der Waals surface area contributed by atoms with Gasteiger partial charge < -0.3 is 18.6 Å². The van der Waals surface area contributed by atoms with Crippen LogP contribution in [-0.2, 0) is 33.5 Å². The van der Waals surface area contributed by atoms with Gasteiger partial charge in [-0.25, -0.2) is 9.78 Å². The largest absolute Gasteiger partial charge is 0.493 e. The van der Waals surface area contributed by atoms with E-state index in [2.05, 4.69) is 4.98 Å². The molecule has 0 unspecified atom stereocenters. The lowest BCUT2D eigenvalue weighted by Crippen LogP contribution is -2.12. The van der Waals surface area contributed by atoms with Crippen LogP contribution in [0.25, 0.3) is 17.5 Å². The number of carbonyl (C=O) groups is 1. The third-order valence-corrected chi connectivity index (χ3v) is 6.10. The zero-order chi connectivity index (χ0) is 24.6. The van der Waals surface area contributed by atoms with Crippen LogP contribution < -0.4 is 4.74 Å². The van der Waals surface area contributed by atoms with Gasteiger partial charge in [0.25, 0.3) is 0 Å². The molecule has 0 saturated carbocycles. The van der Waals surface area contributed by atoms with E-state index in [1.807, 2.05) is 56.3 Å². The highest BCUT2D eigenvalue weighted by atomic mass is 16.6. The number of fused-ring (bicyclic) bond motifs is 1. The lowest BCUT2D eigenvalue weighted by Gasteiger charge is -2.22. The van der Waals surface area contributed by atoms with Gasteiger partial charge in [0.05, 0.1) is 25.5 Å². The second-order valence-corrected chi connectivity index (χ2v) is 8.47. The molecule has 0 fully saturated rings. The molecule has 0 atom stereocenters. The van der Waals surface area contributed by atoms with E-state index in [9.17, 15) is 4.79 Å². The van der Waals surface area contributed by atoms with Crippen molar-refractivity contribution < 1.29 is 23.4 Å². The van der Waals surface area contributed by atoms with Crippen LogP contribution in [0.1, 0.15) is 54.8 Å². The number of rotatable bonds is 10. The molecular formula is C29H33NO5. The van der Waals surface area contributed by atoms with Crippen molar-refractivity contribution in [2.45, 2.75) is 52.9 Å². The number of esters is 1. The number of hydrogen-bond acceptors (Lipinski definition) is 6. The highest BCUT2D eigenvalue weighted by molar-refractivity contribution is 5.91. The van der Waals surface area contributed by atoms with Crippen molar-refractivity contribution in [1.29, 1.82) is 0 Å². The molecule has 1 aliphatic carbocycles. The number of carbonyl (C=O) groups excluding carboxylic acids is 1. The van der Waals surface area contributed by atoms with E-state index >= 15 is 0 Å². The first kappa shape index (κ1) is 24.6. The van der Waals surface area contributed by atoms with Crippen molar-refractivity contribution in [2.24, 2.45) is 0 Å². The van der Waals surface area contributed by atoms with Gasteiger partial charge in [-0.15, -0.1) is 0 Å². The lowest BCUT2D eigenvalue weighted by atomic mass is 9.87. The van der Waals surface area contributed by atoms with E-state index in [0.29, 0.717) is 32.1 Å². The summed E-state index contributed by atoms with van der Waals surface area (Å²) in [6, 6.07) is 13.9. The fraction of sp³-hybridized carbons (Fsp3) is 0.379. The zero-order valence-electron chi connectivity index (χ0n) is 20.8. The Labute approximate surface area is 206 Å². The number of oxazole rings is 1. The van der Waals surface area contributed by atoms with Crippen LogP contribution in [0.5, 0.6) is 5.75 Å². The average molecular weight is 476 g/mol. The fourth-order valence-electron chi connectivity index (χ4n) is 4.41. The second kappa shape index (κ2) is 11.7. The molecule has 0 spiro atoms. The smallest absolute Gasteiger partial charge is 0.373 e. The van der Waals surface area contributed by atoms with Crippen molar-refractivity contribution in [3.63, 3.8) is 0 Å². The first-order chi connectivity index (χ1) is 17.1. The highest BCUT2D eigenvalue weighted by Crippen LogP contribution is 2.34. The van der Waals surface area contributed by atoms with Crippen molar-refractivity contribution >= 4 is 12.0 Å².